The summed E-state index contributed by atoms with van der Waals surface area (Å²) < 4.78 is 10.9. The highest BCUT2D eigenvalue weighted by atomic mass is 16.5. The molecule has 1 heterocycles. The van der Waals surface area contributed by atoms with Gasteiger partial charge in [0.1, 0.15) is 0 Å². The zero-order valence-corrected chi connectivity index (χ0v) is 15.8. The standard InChI is InChI=1S/C21H26N2O3/c1-14(2)20-17-13-19(26-4)18(25-3)12-15(17)10-11-23(20)21(24)22-16-8-6-5-7-9-16/h5-9,12-14,20H,10-11H2,1-4H3,(H,22,24). The molecule has 2 amide bonds. The Kier molecular flexibility index (Phi) is 5.35. The van der Waals surface area contributed by atoms with Crippen molar-refractivity contribution in [3.63, 3.8) is 0 Å². The molecule has 1 aliphatic rings. The lowest BCUT2D eigenvalue weighted by atomic mass is 9.86. The summed E-state index contributed by atoms with van der Waals surface area (Å²) in [6, 6.07) is 13.5. The molecule has 0 aliphatic carbocycles. The monoisotopic (exact) mass is 354 g/mol. The first-order chi connectivity index (χ1) is 12.5. The van der Waals surface area contributed by atoms with Crippen molar-refractivity contribution >= 4 is 11.7 Å². The van der Waals surface area contributed by atoms with Gasteiger partial charge in [0.2, 0.25) is 0 Å². The van der Waals surface area contributed by atoms with Crippen LogP contribution in [0.1, 0.15) is 31.0 Å². The third-order valence-corrected chi connectivity index (χ3v) is 4.84. The summed E-state index contributed by atoms with van der Waals surface area (Å²) in [7, 11) is 3.28. The van der Waals surface area contributed by atoms with E-state index in [9.17, 15) is 4.79 Å². The van der Waals surface area contributed by atoms with E-state index < -0.39 is 0 Å². The summed E-state index contributed by atoms with van der Waals surface area (Å²) in [5.74, 6) is 1.70. The molecule has 26 heavy (non-hydrogen) atoms. The molecule has 3 rings (SSSR count). The van der Waals surface area contributed by atoms with Crippen LogP contribution in [0.3, 0.4) is 0 Å². The third kappa shape index (κ3) is 3.47. The number of carbonyl (C=O) groups excluding carboxylic acids is 1. The van der Waals surface area contributed by atoms with E-state index in [0.717, 1.165) is 23.4 Å². The quantitative estimate of drug-likeness (QED) is 0.880. The second kappa shape index (κ2) is 7.68. The van der Waals surface area contributed by atoms with Crippen LogP contribution in [0.25, 0.3) is 0 Å². The molecule has 138 valence electrons. The first-order valence-electron chi connectivity index (χ1n) is 8.92. The van der Waals surface area contributed by atoms with Gasteiger partial charge < -0.3 is 19.7 Å². The zero-order chi connectivity index (χ0) is 18.7. The van der Waals surface area contributed by atoms with E-state index >= 15 is 0 Å². The number of carbonyl (C=O) groups is 1. The Morgan fingerprint density at radius 1 is 1.12 bits per heavy atom. The van der Waals surface area contributed by atoms with Crippen LogP contribution in [-0.4, -0.2) is 31.7 Å². The maximum Gasteiger partial charge on any atom is 0.322 e. The van der Waals surface area contributed by atoms with Crippen LogP contribution in [-0.2, 0) is 6.42 Å². The molecule has 5 nitrogen and oxygen atoms in total. The van der Waals surface area contributed by atoms with Crippen molar-refractivity contribution in [3.05, 3.63) is 53.6 Å². The van der Waals surface area contributed by atoms with Crippen LogP contribution in [0.15, 0.2) is 42.5 Å². The smallest absolute Gasteiger partial charge is 0.322 e. The highest BCUT2D eigenvalue weighted by Crippen LogP contribution is 2.41. The van der Waals surface area contributed by atoms with Crippen LogP contribution >= 0.6 is 0 Å². The number of amides is 2. The molecule has 0 fully saturated rings. The lowest BCUT2D eigenvalue weighted by molar-refractivity contribution is 0.160. The summed E-state index contributed by atoms with van der Waals surface area (Å²) in [6.45, 7) is 4.95. The molecule has 0 radical (unpaired) electrons. The van der Waals surface area contributed by atoms with Gasteiger partial charge in [0.05, 0.1) is 20.3 Å². The fourth-order valence-corrected chi connectivity index (χ4v) is 3.64. The Morgan fingerprint density at radius 3 is 2.38 bits per heavy atom. The Balaban J connectivity index is 1.93. The Bertz CT molecular complexity index is 774. The van der Waals surface area contributed by atoms with E-state index in [-0.39, 0.29) is 18.0 Å². The number of methoxy groups -OCH3 is 2. The number of hydrogen-bond acceptors (Lipinski definition) is 3. The largest absolute Gasteiger partial charge is 0.493 e. The molecule has 1 atom stereocenters. The molecule has 2 aromatic rings. The molecular formula is C21H26N2O3. The minimum atomic E-state index is -0.0738. The van der Waals surface area contributed by atoms with Gasteiger partial charge in [-0.25, -0.2) is 4.79 Å². The Labute approximate surface area is 154 Å². The van der Waals surface area contributed by atoms with E-state index in [0.29, 0.717) is 12.3 Å². The highest BCUT2D eigenvalue weighted by molar-refractivity contribution is 5.89. The number of nitrogens with one attached hydrogen (secondary N) is 1. The van der Waals surface area contributed by atoms with Gasteiger partial charge in [0, 0.05) is 12.2 Å². The van der Waals surface area contributed by atoms with Gasteiger partial charge in [-0.1, -0.05) is 32.0 Å². The molecule has 0 aromatic heterocycles. The first-order valence-corrected chi connectivity index (χ1v) is 8.92. The number of para-hydroxylation sites is 1. The summed E-state index contributed by atoms with van der Waals surface area (Å²) in [5.41, 5.74) is 3.15. The lowest BCUT2D eigenvalue weighted by Gasteiger charge is -2.40. The van der Waals surface area contributed by atoms with Crippen molar-refractivity contribution in [1.29, 1.82) is 0 Å². The van der Waals surface area contributed by atoms with Crippen molar-refractivity contribution < 1.29 is 14.3 Å². The maximum atomic E-state index is 12.9. The fourth-order valence-electron chi connectivity index (χ4n) is 3.64. The van der Waals surface area contributed by atoms with E-state index in [1.54, 1.807) is 14.2 Å². The Hall–Kier alpha value is -2.69. The van der Waals surface area contributed by atoms with Gasteiger partial charge in [0.25, 0.3) is 0 Å². The van der Waals surface area contributed by atoms with Crippen molar-refractivity contribution in [2.45, 2.75) is 26.3 Å². The molecule has 2 aromatic carbocycles. The minimum Gasteiger partial charge on any atom is -0.493 e. The predicted molar refractivity (Wildman–Crippen MR) is 103 cm³/mol. The number of rotatable bonds is 4. The van der Waals surface area contributed by atoms with Gasteiger partial charge in [0.15, 0.2) is 11.5 Å². The molecular weight excluding hydrogens is 328 g/mol. The summed E-state index contributed by atoms with van der Waals surface area (Å²) >= 11 is 0. The lowest BCUT2D eigenvalue weighted by Crippen LogP contribution is -2.44. The van der Waals surface area contributed by atoms with Crippen molar-refractivity contribution in [2.75, 3.05) is 26.1 Å². The number of urea groups is 1. The SMILES string of the molecule is COc1cc2c(cc1OC)C(C(C)C)N(C(=O)Nc1ccccc1)CC2. The summed E-state index contributed by atoms with van der Waals surface area (Å²) in [5, 5.41) is 3.01. The number of anilines is 1. The van der Waals surface area contributed by atoms with Crippen molar-refractivity contribution in [3.8, 4) is 11.5 Å². The predicted octanol–water partition coefficient (Wildman–Crippen LogP) is 4.49. The molecule has 1 unspecified atom stereocenters. The van der Waals surface area contributed by atoms with Crippen LogP contribution in [0.5, 0.6) is 11.5 Å². The number of hydrogen-bond donors (Lipinski definition) is 1. The third-order valence-electron chi connectivity index (χ3n) is 4.84. The van der Waals surface area contributed by atoms with Crippen molar-refractivity contribution in [2.24, 2.45) is 5.92 Å². The molecule has 0 saturated heterocycles. The van der Waals surface area contributed by atoms with Crippen LogP contribution in [0.2, 0.25) is 0 Å². The Morgan fingerprint density at radius 2 is 1.77 bits per heavy atom. The maximum absolute atomic E-state index is 12.9. The summed E-state index contributed by atoms with van der Waals surface area (Å²) in [4.78, 5) is 14.9. The van der Waals surface area contributed by atoms with E-state index in [1.807, 2.05) is 47.4 Å². The summed E-state index contributed by atoms with van der Waals surface area (Å²) in [6.07, 6.45) is 0.793. The van der Waals surface area contributed by atoms with E-state index in [1.165, 1.54) is 5.56 Å². The van der Waals surface area contributed by atoms with Crippen LogP contribution < -0.4 is 14.8 Å². The minimum absolute atomic E-state index is 0.0118. The average Bonchev–Trinajstić information content (AvgIpc) is 2.66. The van der Waals surface area contributed by atoms with Crippen LogP contribution in [0, 0.1) is 5.92 Å². The van der Waals surface area contributed by atoms with E-state index in [2.05, 4.69) is 19.2 Å². The molecule has 1 aliphatic heterocycles. The van der Waals surface area contributed by atoms with Gasteiger partial charge in [-0.05, 0) is 47.7 Å². The van der Waals surface area contributed by atoms with Gasteiger partial charge >= 0.3 is 6.03 Å². The number of nitrogens with zero attached hydrogens (tertiary/aromatic N) is 1. The number of benzene rings is 2. The molecule has 1 N–H and O–H groups in total. The molecule has 5 heteroatoms. The van der Waals surface area contributed by atoms with Gasteiger partial charge in [-0.3, -0.25) is 0 Å². The second-order valence-electron chi connectivity index (χ2n) is 6.83. The normalized spacial score (nSPS) is 16.2. The zero-order valence-electron chi connectivity index (χ0n) is 15.8. The topological polar surface area (TPSA) is 50.8 Å². The molecule has 0 spiro atoms. The second-order valence-corrected chi connectivity index (χ2v) is 6.83. The average molecular weight is 354 g/mol. The van der Waals surface area contributed by atoms with Gasteiger partial charge in [-0.15, -0.1) is 0 Å². The fraction of sp³-hybridized carbons (Fsp3) is 0.381. The molecule has 0 bridgehead atoms. The van der Waals surface area contributed by atoms with Gasteiger partial charge in [-0.2, -0.15) is 0 Å². The first kappa shape index (κ1) is 18.1. The van der Waals surface area contributed by atoms with Crippen molar-refractivity contribution in [1.82, 2.24) is 4.90 Å². The van der Waals surface area contributed by atoms with Crippen LogP contribution in [0.4, 0.5) is 10.5 Å². The molecule has 0 saturated carbocycles. The highest BCUT2D eigenvalue weighted by Gasteiger charge is 2.34. The van der Waals surface area contributed by atoms with E-state index in [4.69, 9.17) is 9.47 Å². The number of ether oxygens (including phenoxy) is 2. The number of fused-ring (bicyclic) bond motifs is 1.